The Morgan fingerprint density at radius 2 is 2.38 bits per heavy atom. The van der Waals surface area contributed by atoms with Crippen molar-refractivity contribution in [1.82, 2.24) is 10.3 Å². The Kier molecular flexibility index (Phi) is 5.79. The lowest BCUT2D eigenvalue weighted by molar-refractivity contribution is 0.521. The van der Waals surface area contributed by atoms with Gasteiger partial charge in [-0.1, -0.05) is 6.08 Å². The third kappa shape index (κ3) is 4.58. The van der Waals surface area contributed by atoms with E-state index in [1.807, 2.05) is 18.5 Å². The SMILES string of the molecule is C=CCCC(C)NCCc1ccncc1C. The number of nitrogens with one attached hydrogen (secondary N) is 1. The van der Waals surface area contributed by atoms with Gasteiger partial charge in [-0.2, -0.15) is 0 Å². The lowest BCUT2D eigenvalue weighted by Crippen LogP contribution is -2.28. The van der Waals surface area contributed by atoms with Crippen LogP contribution in [-0.4, -0.2) is 17.6 Å². The first-order chi connectivity index (χ1) is 7.74. The zero-order valence-electron chi connectivity index (χ0n) is 10.4. The van der Waals surface area contributed by atoms with Gasteiger partial charge in [0, 0.05) is 18.4 Å². The fraction of sp³-hybridized carbons (Fsp3) is 0.500. The van der Waals surface area contributed by atoms with Gasteiger partial charge in [-0.15, -0.1) is 6.58 Å². The van der Waals surface area contributed by atoms with Crippen LogP contribution in [0.25, 0.3) is 0 Å². The lowest BCUT2D eigenvalue weighted by atomic mass is 10.1. The third-order valence-electron chi connectivity index (χ3n) is 2.83. The number of hydrogen-bond donors (Lipinski definition) is 1. The minimum Gasteiger partial charge on any atom is -0.314 e. The van der Waals surface area contributed by atoms with Crippen molar-refractivity contribution >= 4 is 0 Å². The molecule has 1 aromatic heterocycles. The number of rotatable bonds is 7. The number of pyridine rings is 1. The first-order valence-corrected chi connectivity index (χ1v) is 5.97. The van der Waals surface area contributed by atoms with Crippen LogP contribution in [0.2, 0.25) is 0 Å². The van der Waals surface area contributed by atoms with Crippen LogP contribution >= 0.6 is 0 Å². The van der Waals surface area contributed by atoms with E-state index in [1.165, 1.54) is 17.5 Å². The average molecular weight is 218 g/mol. The van der Waals surface area contributed by atoms with Gasteiger partial charge in [-0.25, -0.2) is 0 Å². The molecule has 1 rings (SSSR count). The summed E-state index contributed by atoms with van der Waals surface area (Å²) in [5.41, 5.74) is 2.67. The maximum absolute atomic E-state index is 4.10. The summed E-state index contributed by atoms with van der Waals surface area (Å²) in [6, 6.07) is 2.67. The van der Waals surface area contributed by atoms with Crippen LogP contribution in [0, 0.1) is 6.92 Å². The Hall–Kier alpha value is -1.15. The van der Waals surface area contributed by atoms with Crippen molar-refractivity contribution in [2.24, 2.45) is 0 Å². The highest BCUT2D eigenvalue weighted by atomic mass is 14.9. The first kappa shape index (κ1) is 12.9. The molecule has 0 radical (unpaired) electrons. The molecule has 0 saturated carbocycles. The molecular weight excluding hydrogens is 196 g/mol. The van der Waals surface area contributed by atoms with Crippen LogP contribution in [0.15, 0.2) is 31.1 Å². The number of aryl methyl sites for hydroxylation is 1. The highest BCUT2D eigenvalue weighted by Gasteiger charge is 2.01. The molecule has 2 nitrogen and oxygen atoms in total. The lowest BCUT2D eigenvalue weighted by Gasteiger charge is -2.13. The fourth-order valence-corrected chi connectivity index (χ4v) is 1.71. The maximum Gasteiger partial charge on any atom is 0.0299 e. The summed E-state index contributed by atoms with van der Waals surface area (Å²) < 4.78 is 0. The van der Waals surface area contributed by atoms with E-state index < -0.39 is 0 Å². The molecule has 0 aromatic carbocycles. The molecule has 2 heteroatoms. The highest BCUT2D eigenvalue weighted by molar-refractivity contribution is 5.21. The maximum atomic E-state index is 4.10. The minimum absolute atomic E-state index is 0.570. The molecule has 0 aliphatic rings. The monoisotopic (exact) mass is 218 g/mol. The normalized spacial score (nSPS) is 12.4. The summed E-state index contributed by atoms with van der Waals surface area (Å²) in [6.07, 6.45) is 9.10. The Labute approximate surface area is 98.8 Å². The molecule has 0 bridgehead atoms. The largest absolute Gasteiger partial charge is 0.314 e. The smallest absolute Gasteiger partial charge is 0.0299 e. The fourth-order valence-electron chi connectivity index (χ4n) is 1.71. The first-order valence-electron chi connectivity index (χ1n) is 5.97. The van der Waals surface area contributed by atoms with Gasteiger partial charge in [0.25, 0.3) is 0 Å². The summed E-state index contributed by atoms with van der Waals surface area (Å²) in [6.45, 7) is 9.11. The standard InChI is InChI=1S/C14H22N2/c1-4-5-6-13(3)16-10-8-14-7-9-15-11-12(14)2/h4,7,9,11,13,16H,1,5-6,8,10H2,2-3H3. The van der Waals surface area contributed by atoms with Gasteiger partial charge in [-0.3, -0.25) is 4.98 Å². The Bertz CT molecular complexity index is 320. The summed E-state index contributed by atoms with van der Waals surface area (Å²) in [7, 11) is 0. The minimum atomic E-state index is 0.570. The molecule has 1 N–H and O–H groups in total. The van der Waals surface area contributed by atoms with Crippen LogP contribution in [0.1, 0.15) is 30.9 Å². The third-order valence-corrected chi connectivity index (χ3v) is 2.83. The molecule has 0 fully saturated rings. The van der Waals surface area contributed by atoms with Gasteiger partial charge in [-0.05, 0) is 56.8 Å². The number of allylic oxidation sites excluding steroid dienone is 1. The van der Waals surface area contributed by atoms with Crippen LogP contribution in [0.4, 0.5) is 0 Å². The molecule has 1 heterocycles. The molecule has 0 saturated heterocycles. The van der Waals surface area contributed by atoms with Gasteiger partial charge in [0.15, 0.2) is 0 Å². The van der Waals surface area contributed by atoms with E-state index >= 15 is 0 Å². The highest BCUT2D eigenvalue weighted by Crippen LogP contribution is 2.05. The second-order valence-corrected chi connectivity index (χ2v) is 4.27. The van der Waals surface area contributed by atoms with Crippen LogP contribution in [0.3, 0.4) is 0 Å². The topological polar surface area (TPSA) is 24.9 Å². The van der Waals surface area contributed by atoms with E-state index in [1.54, 1.807) is 0 Å². The van der Waals surface area contributed by atoms with Crippen molar-refractivity contribution < 1.29 is 0 Å². The molecule has 1 atom stereocenters. The van der Waals surface area contributed by atoms with Gasteiger partial charge >= 0.3 is 0 Å². The molecule has 1 aromatic rings. The van der Waals surface area contributed by atoms with E-state index in [-0.39, 0.29) is 0 Å². The predicted molar refractivity (Wildman–Crippen MR) is 69.6 cm³/mol. The van der Waals surface area contributed by atoms with Crippen molar-refractivity contribution in [2.45, 2.75) is 39.2 Å². The summed E-state index contributed by atoms with van der Waals surface area (Å²) in [4.78, 5) is 4.10. The number of nitrogens with zero attached hydrogens (tertiary/aromatic N) is 1. The van der Waals surface area contributed by atoms with Gasteiger partial charge in [0.05, 0.1) is 0 Å². The average Bonchev–Trinajstić information content (AvgIpc) is 2.29. The van der Waals surface area contributed by atoms with Gasteiger partial charge in [0.1, 0.15) is 0 Å². The molecule has 0 spiro atoms. The van der Waals surface area contributed by atoms with Gasteiger partial charge in [0.2, 0.25) is 0 Å². The Balaban J connectivity index is 2.25. The molecule has 1 unspecified atom stereocenters. The van der Waals surface area contributed by atoms with E-state index in [9.17, 15) is 0 Å². The Morgan fingerprint density at radius 1 is 1.56 bits per heavy atom. The quantitative estimate of drug-likeness (QED) is 0.712. The van der Waals surface area contributed by atoms with Crippen LogP contribution in [-0.2, 0) is 6.42 Å². The zero-order valence-corrected chi connectivity index (χ0v) is 10.4. The number of hydrogen-bond acceptors (Lipinski definition) is 2. The molecular formula is C14H22N2. The van der Waals surface area contributed by atoms with Crippen LogP contribution < -0.4 is 5.32 Å². The molecule has 0 aliphatic heterocycles. The summed E-state index contributed by atoms with van der Waals surface area (Å²) in [5, 5.41) is 3.52. The zero-order chi connectivity index (χ0) is 11.8. The van der Waals surface area contributed by atoms with Crippen molar-refractivity contribution in [2.75, 3.05) is 6.54 Å². The second-order valence-electron chi connectivity index (χ2n) is 4.27. The van der Waals surface area contributed by atoms with Crippen molar-refractivity contribution in [1.29, 1.82) is 0 Å². The van der Waals surface area contributed by atoms with E-state index in [4.69, 9.17) is 0 Å². The number of aromatic nitrogens is 1. The predicted octanol–water partition coefficient (Wildman–Crippen LogP) is 2.88. The van der Waals surface area contributed by atoms with Crippen molar-refractivity contribution in [3.63, 3.8) is 0 Å². The molecule has 16 heavy (non-hydrogen) atoms. The van der Waals surface area contributed by atoms with Gasteiger partial charge < -0.3 is 5.32 Å². The Morgan fingerprint density at radius 3 is 3.06 bits per heavy atom. The van der Waals surface area contributed by atoms with Crippen molar-refractivity contribution in [3.05, 3.63) is 42.2 Å². The molecule has 0 amide bonds. The van der Waals surface area contributed by atoms with E-state index in [2.05, 4.69) is 36.8 Å². The van der Waals surface area contributed by atoms with Crippen LogP contribution in [0.5, 0.6) is 0 Å². The summed E-state index contributed by atoms with van der Waals surface area (Å²) >= 11 is 0. The van der Waals surface area contributed by atoms with E-state index in [0.29, 0.717) is 6.04 Å². The second kappa shape index (κ2) is 7.18. The van der Waals surface area contributed by atoms with Crippen molar-refractivity contribution in [3.8, 4) is 0 Å². The molecule has 88 valence electrons. The summed E-state index contributed by atoms with van der Waals surface area (Å²) in [5.74, 6) is 0. The molecule has 0 aliphatic carbocycles. The van der Waals surface area contributed by atoms with E-state index in [0.717, 1.165) is 19.4 Å².